The number of para-hydroxylation sites is 1. The number of hydrogen-bond acceptors (Lipinski definition) is 4. The Morgan fingerprint density at radius 3 is 2.69 bits per heavy atom. The van der Waals surface area contributed by atoms with Crippen LogP contribution in [-0.2, 0) is 0 Å². The van der Waals surface area contributed by atoms with E-state index in [4.69, 9.17) is 22.1 Å². The van der Waals surface area contributed by atoms with E-state index in [1.807, 2.05) is 67.6 Å². The highest BCUT2D eigenvalue weighted by atomic mass is 35.5. The summed E-state index contributed by atoms with van der Waals surface area (Å²) in [5.41, 5.74) is 9.99. The highest BCUT2D eigenvalue weighted by Gasteiger charge is 2.34. The average molecular weight is 398 g/mol. The number of fused-ring (bicyclic) bond motifs is 4. The minimum Gasteiger partial charge on any atom is -0.440 e. The zero-order valence-electron chi connectivity index (χ0n) is 15.6. The van der Waals surface area contributed by atoms with Crippen LogP contribution in [0, 0.1) is 18.3 Å². The fourth-order valence-corrected chi connectivity index (χ4v) is 4.34. The molecule has 1 unspecified atom stereocenters. The largest absolute Gasteiger partial charge is 0.440 e. The summed E-state index contributed by atoms with van der Waals surface area (Å²) < 4.78 is 5.81. The maximum absolute atomic E-state index is 9.91. The van der Waals surface area contributed by atoms with Crippen molar-refractivity contribution in [2.75, 3.05) is 0 Å². The highest BCUT2D eigenvalue weighted by Crippen LogP contribution is 2.47. The van der Waals surface area contributed by atoms with Gasteiger partial charge in [-0.2, -0.15) is 5.26 Å². The van der Waals surface area contributed by atoms with Crippen molar-refractivity contribution in [1.29, 1.82) is 5.26 Å². The van der Waals surface area contributed by atoms with E-state index in [1.54, 1.807) is 0 Å². The Bertz CT molecular complexity index is 1380. The molecule has 0 aliphatic carbocycles. The number of ether oxygens (including phenoxy) is 1. The molecule has 5 heteroatoms. The fraction of sp³-hybridized carbons (Fsp3) is 0.0833. The molecule has 5 rings (SSSR count). The summed E-state index contributed by atoms with van der Waals surface area (Å²) in [6.07, 6.45) is 0. The van der Waals surface area contributed by atoms with Gasteiger partial charge >= 0.3 is 0 Å². The van der Waals surface area contributed by atoms with Crippen molar-refractivity contribution >= 4 is 33.3 Å². The number of nitrogens with two attached hydrogens (primary N) is 1. The van der Waals surface area contributed by atoms with Crippen molar-refractivity contribution in [3.8, 4) is 11.8 Å². The molecule has 0 fully saturated rings. The zero-order chi connectivity index (χ0) is 20.1. The van der Waals surface area contributed by atoms with E-state index in [0.29, 0.717) is 16.5 Å². The van der Waals surface area contributed by atoms with Crippen molar-refractivity contribution in [2.24, 2.45) is 5.73 Å². The number of halogens is 1. The first-order valence-corrected chi connectivity index (χ1v) is 9.61. The molecular weight excluding hydrogens is 382 g/mol. The standard InChI is InChI=1S/C24H16ClN3O/c1-13-5-4-7-15-11-17(23(25)28-22(13)15)20-18(12-26)24(27)29-19-10-9-14-6-2-3-8-16(14)21(19)20/h2-11,20H,27H2,1H3. The summed E-state index contributed by atoms with van der Waals surface area (Å²) in [4.78, 5) is 4.65. The third kappa shape index (κ3) is 2.63. The van der Waals surface area contributed by atoms with E-state index in [2.05, 4.69) is 11.1 Å². The lowest BCUT2D eigenvalue weighted by molar-refractivity contribution is 0.395. The summed E-state index contributed by atoms with van der Waals surface area (Å²) in [7, 11) is 0. The zero-order valence-corrected chi connectivity index (χ0v) is 16.4. The summed E-state index contributed by atoms with van der Waals surface area (Å²) in [5, 5.41) is 13.3. The summed E-state index contributed by atoms with van der Waals surface area (Å²) in [6, 6.07) is 22.1. The second-order valence-corrected chi connectivity index (χ2v) is 7.50. The number of rotatable bonds is 1. The molecule has 1 aliphatic heterocycles. The van der Waals surface area contributed by atoms with E-state index in [0.717, 1.165) is 38.4 Å². The molecule has 0 amide bonds. The van der Waals surface area contributed by atoms with Gasteiger partial charge in [0.25, 0.3) is 0 Å². The molecule has 29 heavy (non-hydrogen) atoms. The number of aromatic nitrogens is 1. The Morgan fingerprint density at radius 1 is 1.07 bits per heavy atom. The molecule has 4 aromatic rings. The Labute approximate surface area is 172 Å². The number of nitriles is 1. The minimum absolute atomic E-state index is 0.0979. The molecule has 0 saturated carbocycles. The van der Waals surface area contributed by atoms with Crippen LogP contribution in [0.5, 0.6) is 5.75 Å². The van der Waals surface area contributed by atoms with Gasteiger partial charge < -0.3 is 10.5 Å². The normalized spacial score (nSPS) is 15.8. The van der Waals surface area contributed by atoms with Crippen LogP contribution in [0.25, 0.3) is 21.7 Å². The van der Waals surface area contributed by atoms with Gasteiger partial charge in [-0.3, -0.25) is 0 Å². The predicted molar refractivity (Wildman–Crippen MR) is 115 cm³/mol. The van der Waals surface area contributed by atoms with Crippen molar-refractivity contribution in [3.63, 3.8) is 0 Å². The number of allylic oxidation sites excluding steroid dienone is 1. The molecule has 2 N–H and O–H groups in total. The Balaban J connectivity index is 1.87. The molecule has 1 aromatic heterocycles. The lowest BCUT2D eigenvalue weighted by Crippen LogP contribution is -2.21. The fourth-order valence-electron chi connectivity index (χ4n) is 4.10. The smallest absolute Gasteiger partial charge is 0.205 e. The van der Waals surface area contributed by atoms with Gasteiger partial charge in [0.2, 0.25) is 5.88 Å². The van der Waals surface area contributed by atoms with Crippen LogP contribution in [0.2, 0.25) is 5.15 Å². The van der Waals surface area contributed by atoms with Crippen LogP contribution in [0.3, 0.4) is 0 Å². The van der Waals surface area contributed by atoms with Gasteiger partial charge in [-0.25, -0.2) is 4.98 Å². The van der Waals surface area contributed by atoms with Crippen molar-refractivity contribution in [2.45, 2.75) is 12.8 Å². The quantitative estimate of drug-likeness (QED) is 0.426. The van der Waals surface area contributed by atoms with Gasteiger partial charge in [0.1, 0.15) is 22.5 Å². The van der Waals surface area contributed by atoms with Crippen molar-refractivity contribution in [1.82, 2.24) is 4.98 Å². The summed E-state index contributed by atoms with van der Waals surface area (Å²) in [6.45, 7) is 2.00. The van der Waals surface area contributed by atoms with Gasteiger partial charge in [-0.05, 0) is 35.4 Å². The number of nitrogens with zero attached hydrogens (tertiary/aromatic N) is 2. The van der Waals surface area contributed by atoms with Crippen molar-refractivity contribution < 1.29 is 4.74 Å². The highest BCUT2D eigenvalue weighted by molar-refractivity contribution is 6.30. The lowest BCUT2D eigenvalue weighted by atomic mass is 9.81. The van der Waals surface area contributed by atoms with E-state index in [-0.39, 0.29) is 5.88 Å². The van der Waals surface area contributed by atoms with Gasteiger partial charge in [-0.15, -0.1) is 0 Å². The number of hydrogen-bond donors (Lipinski definition) is 1. The monoisotopic (exact) mass is 397 g/mol. The van der Waals surface area contributed by atoms with Gasteiger partial charge in [0, 0.05) is 16.5 Å². The first-order chi connectivity index (χ1) is 14.1. The number of aryl methyl sites for hydroxylation is 1. The second kappa shape index (κ2) is 6.51. The maximum atomic E-state index is 9.91. The van der Waals surface area contributed by atoms with Gasteiger partial charge in [0.05, 0.1) is 11.4 Å². The minimum atomic E-state index is -0.459. The third-order valence-electron chi connectivity index (χ3n) is 5.45. The molecule has 4 nitrogen and oxygen atoms in total. The van der Waals surface area contributed by atoms with Crippen LogP contribution in [0.4, 0.5) is 0 Å². The molecule has 0 radical (unpaired) electrons. The van der Waals surface area contributed by atoms with E-state index >= 15 is 0 Å². The van der Waals surface area contributed by atoms with Gasteiger partial charge in [-0.1, -0.05) is 60.1 Å². The summed E-state index contributed by atoms with van der Waals surface area (Å²) in [5.74, 6) is 0.269. The summed E-state index contributed by atoms with van der Waals surface area (Å²) >= 11 is 6.67. The molecule has 0 saturated heterocycles. The SMILES string of the molecule is Cc1cccc2cc(C3C(C#N)=C(N)Oc4ccc5ccccc5c43)c(Cl)nc12. The topological polar surface area (TPSA) is 71.9 Å². The Hall–Kier alpha value is -3.55. The van der Waals surface area contributed by atoms with E-state index in [1.165, 1.54) is 0 Å². The maximum Gasteiger partial charge on any atom is 0.205 e. The second-order valence-electron chi connectivity index (χ2n) is 7.14. The van der Waals surface area contributed by atoms with Crippen LogP contribution in [0.15, 0.2) is 72.1 Å². The number of benzene rings is 3. The molecule has 1 aliphatic rings. The van der Waals surface area contributed by atoms with Crippen LogP contribution >= 0.6 is 11.6 Å². The molecule has 2 heterocycles. The first-order valence-electron chi connectivity index (χ1n) is 9.23. The van der Waals surface area contributed by atoms with Crippen molar-refractivity contribution in [3.05, 3.63) is 94.0 Å². The van der Waals surface area contributed by atoms with Gasteiger partial charge in [0.15, 0.2) is 0 Å². The van der Waals surface area contributed by atoms with Crippen LogP contribution < -0.4 is 10.5 Å². The lowest BCUT2D eigenvalue weighted by Gasteiger charge is -2.28. The molecule has 1 atom stereocenters. The molecule has 0 bridgehead atoms. The molecular formula is C24H16ClN3O. The average Bonchev–Trinajstić information content (AvgIpc) is 2.73. The predicted octanol–water partition coefficient (Wildman–Crippen LogP) is 5.57. The molecule has 3 aromatic carbocycles. The Kier molecular flexibility index (Phi) is 3.94. The molecule has 0 spiro atoms. The van der Waals surface area contributed by atoms with E-state index < -0.39 is 5.92 Å². The molecule has 140 valence electrons. The van der Waals surface area contributed by atoms with E-state index in [9.17, 15) is 5.26 Å². The number of pyridine rings is 1. The Morgan fingerprint density at radius 2 is 1.86 bits per heavy atom. The third-order valence-corrected chi connectivity index (χ3v) is 5.76. The first kappa shape index (κ1) is 17.5. The van der Waals surface area contributed by atoms with Crippen LogP contribution in [-0.4, -0.2) is 4.98 Å². The van der Waals surface area contributed by atoms with Crippen LogP contribution in [0.1, 0.15) is 22.6 Å².